The van der Waals surface area contributed by atoms with E-state index in [1.807, 2.05) is 24.3 Å². The van der Waals surface area contributed by atoms with Crippen molar-refractivity contribution in [3.8, 4) is 17.2 Å². The fraction of sp³-hybridized carbons (Fsp3) is 0. The monoisotopic (exact) mass is 222 g/mol. The van der Waals surface area contributed by atoms with Gasteiger partial charge in [0.2, 0.25) is 0 Å². The van der Waals surface area contributed by atoms with Gasteiger partial charge >= 0.3 is 0 Å². The van der Waals surface area contributed by atoms with Crippen LogP contribution < -0.4 is 5.84 Å². The summed E-state index contributed by atoms with van der Waals surface area (Å²) >= 11 is 0. The number of nitrogens with zero attached hydrogens (tertiary/aromatic N) is 3. The molecule has 0 saturated carbocycles. The Bertz CT molecular complexity index is 579. The zero-order valence-electron chi connectivity index (χ0n) is 9.04. The molecule has 1 heterocycles. The highest BCUT2D eigenvalue weighted by molar-refractivity contribution is 5.80. The van der Waals surface area contributed by atoms with Gasteiger partial charge in [0.1, 0.15) is 6.07 Å². The van der Waals surface area contributed by atoms with Gasteiger partial charge in [0.05, 0.1) is 11.8 Å². The number of benzene rings is 1. The number of hydrogen-bond donors (Lipinski definition) is 1. The molecular formula is C13H10N4. The molecule has 1 aromatic carbocycles. The standard InChI is InChI=1S/C13H10N4/c14-6-11-5-13(9-16-7-11)12-3-1-10(2-4-12)8-17-15/h1-5,7-9H,15H2. The molecule has 2 aromatic rings. The van der Waals surface area contributed by atoms with Gasteiger partial charge < -0.3 is 5.84 Å². The molecule has 0 fully saturated rings. The summed E-state index contributed by atoms with van der Waals surface area (Å²) in [6, 6.07) is 11.6. The Hall–Kier alpha value is -2.67. The second-order valence-corrected chi connectivity index (χ2v) is 3.47. The topological polar surface area (TPSA) is 75.1 Å². The molecule has 0 aliphatic carbocycles. The number of hydrazone groups is 1. The van der Waals surface area contributed by atoms with E-state index in [9.17, 15) is 0 Å². The van der Waals surface area contributed by atoms with Crippen molar-refractivity contribution in [3.05, 3.63) is 53.9 Å². The van der Waals surface area contributed by atoms with E-state index in [-0.39, 0.29) is 0 Å². The van der Waals surface area contributed by atoms with Gasteiger partial charge in [-0.25, -0.2) is 0 Å². The summed E-state index contributed by atoms with van der Waals surface area (Å²) in [6.45, 7) is 0. The highest BCUT2D eigenvalue weighted by Gasteiger charge is 1.99. The first-order valence-electron chi connectivity index (χ1n) is 5.02. The summed E-state index contributed by atoms with van der Waals surface area (Å²) in [4.78, 5) is 4.02. The average molecular weight is 222 g/mol. The molecule has 0 unspecified atom stereocenters. The van der Waals surface area contributed by atoms with E-state index in [1.54, 1.807) is 24.7 Å². The van der Waals surface area contributed by atoms with E-state index in [4.69, 9.17) is 11.1 Å². The average Bonchev–Trinajstić information content (AvgIpc) is 2.40. The molecule has 17 heavy (non-hydrogen) atoms. The third kappa shape index (κ3) is 2.47. The predicted molar refractivity (Wildman–Crippen MR) is 66.2 cm³/mol. The minimum atomic E-state index is 0.551. The van der Waals surface area contributed by atoms with Crippen molar-refractivity contribution < 1.29 is 0 Å². The summed E-state index contributed by atoms with van der Waals surface area (Å²) in [5, 5.41) is 12.3. The molecule has 0 saturated heterocycles. The van der Waals surface area contributed by atoms with Gasteiger partial charge in [0.15, 0.2) is 0 Å². The summed E-state index contributed by atoms with van der Waals surface area (Å²) in [7, 11) is 0. The van der Waals surface area contributed by atoms with Gasteiger partial charge in [-0.2, -0.15) is 10.4 Å². The van der Waals surface area contributed by atoms with Crippen LogP contribution in [0.5, 0.6) is 0 Å². The van der Waals surface area contributed by atoms with Crippen molar-refractivity contribution in [3.63, 3.8) is 0 Å². The van der Waals surface area contributed by atoms with Crippen LogP contribution in [-0.4, -0.2) is 11.2 Å². The minimum absolute atomic E-state index is 0.551. The Morgan fingerprint density at radius 2 is 1.94 bits per heavy atom. The lowest BCUT2D eigenvalue weighted by atomic mass is 10.0. The Kier molecular flexibility index (Phi) is 3.13. The number of nitriles is 1. The van der Waals surface area contributed by atoms with Crippen molar-refractivity contribution in [2.24, 2.45) is 10.9 Å². The Labute approximate surface area is 99.0 Å². The Morgan fingerprint density at radius 1 is 1.18 bits per heavy atom. The third-order valence-corrected chi connectivity index (χ3v) is 2.33. The maximum absolute atomic E-state index is 8.80. The summed E-state index contributed by atoms with van der Waals surface area (Å²) in [5.41, 5.74) is 3.40. The molecule has 0 atom stereocenters. The molecule has 0 bridgehead atoms. The van der Waals surface area contributed by atoms with Crippen LogP contribution in [0.4, 0.5) is 0 Å². The van der Waals surface area contributed by atoms with Crippen molar-refractivity contribution in [2.45, 2.75) is 0 Å². The maximum Gasteiger partial charge on any atom is 0.101 e. The van der Waals surface area contributed by atoms with E-state index < -0.39 is 0 Å². The lowest BCUT2D eigenvalue weighted by Crippen LogP contribution is -1.87. The second-order valence-electron chi connectivity index (χ2n) is 3.47. The minimum Gasteiger partial charge on any atom is -0.323 e. The summed E-state index contributed by atoms with van der Waals surface area (Å²) in [6.07, 6.45) is 4.85. The van der Waals surface area contributed by atoms with E-state index in [2.05, 4.69) is 16.2 Å². The first-order valence-corrected chi connectivity index (χ1v) is 5.02. The first-order chi connectivity index (χ1) is 8.33. The van der Waals surface area contributed by atoms with Crippen LogP contribution in [0.3, 0.4) is 0 Å². The largest absolute Gasteiger partial charge is 0.323 e. The van der Waals surface area contributed by atoms with E-state index in [0.717, 1.165) is 16.7 Å². The van der Waals surface area contributed by atoms with Gasteiger partial charge in [-0.15, -0.1) is 0 Å². The van der Waals surface area contributed by atoms with Crippen molar-refractivity contribution >= 4 is 6.21 Å². The number of pyridine rings is 1. The lowest BCUT2D eigenvalue weighted by molar-refractivity contribution is 1.26. The molecule has 82 valence electrons. The summed E-state index contributed by atoms with van der Waals surface area (Å²) in [5.74, 6) is 5.07. The highest BCUT2D eigenvalue weighted by Crippen LogP contribution is 2.19. The smallest absolute Gasteiger partial charge is 0.101 e. The Balaban J connectivity index is 2.36. The fourth-order valence-corrected chi connectivity index (χ4v) is 1.51. The first kappa shape index (κ1) is 10.8. The normalized spacial score (nSPS) is 10.3. The van der Waals surface area contributed by atoms with Crippen LogP contribution in [-0.2, 0) is 0 Å². The van der Waals surface area contributed by atoms with E-state index in [1.165, 1.54) is 0 Å². The molecule has 4 heteroatoms. The van der Waals surface area contributed by atoms with Crippen LogP contribution >= 0.6 is 0 Å². The SMILES string of the molecule is N#Cc1cncc(-c2ccc(C=NN)cc2)c1. The predicted octanol–water partition coefficient (Wildman–Crippen LogP) is 1.91. The zero-order valence-corrected chi connectivity index (χ0v) is 9.04. The second kappa shape index (κ2) is 4.90. The van der Waals surface area contributed by atoms with Gasteiger partial charge in [-0.05, 0) is 17.2 Å². The molecule has 0 amide bonds. The number of aromatic nitrogens is 1. The van der Waals surface area contributed by atoms with Crippen LogP contribution in [0.25, 0.3) is 11.1 Å². The molecule has 0 aliphatic heterocycles. The van der Waals surface area contributed by atoms with Crippen LogP contribution in [0.15, 0.2) is 47.8 Å². The maximum atomic E-state index is 8.80. The molecule has 1 aromatic heterocycles. The quantitative estimate of drug-likeness (QED) is 0.479. The van der Waals surface area contributed by atoms with Crippen molar-refractivity contribution in [1.29, 1.82) is 5.26 Å². The van der Waals surface area contributed by atoms with Crippen LogP contribution in [0.1, 0.15) is 11.1 Å². The summed E-state index contributed by atoms with van der Waals surface area (Å²) < 4.78 is 0. The highest BCUT2D eigenvalue weighted by atomic mass is 15.1. The number of nitrogens with two attached hydrogens (primary N) is 1. The fourth-order valence-electron chi connectivity index (χ4n) is 1.51. The molecule has 0 spiro atoms. The number of hydrogen-bond acceptors (Lipinski definition) is 4. The van der Waals surface area contributed by atoms with Crippen LogP contribution in [0, 0.1) is 11.3 Å². The van der Waals surface area contributed by atoms with Crippen molar-refractivity contribution in [1.82, 2.24) is 4.98 Å². The van der Waals surface area contributed by atoms with Crippen molar-refractivity contribution in [2.75, 3.05) is 0 Å². The lowest BCUT2D eigenvalue weighted by Gasteiger charge is -2.01. The molecule has 4 nitrogen and oxygen atoms in total. The van der Waals surface area contributed by atoms with Gasteiger partial charge in [-0.1, -0.05) is 24.3 Å². The molecule has 0 radical (unpaired) electrons. The molecule has 0 aliphatic rings. The van der Waals surface area contributed by atoms with E-state index >= 15 is 0 Å². The van der Waals surface area contributed by atoms with Gasteiger partial charge in [0.25, 0.3) is 0 Å². The van der Waals surface area contributed by atoms with Gasteiger partial charge in [0, 0.05) is 18.0 Å². The molecule has 2 rings (SSSR count). The Morgan fingerprint density at radius 3 is 2.59 bits per heavy atom. The van der Waals surface area contributed by atoms with Gasteiger partial charge in [-0.3, -0.25) is 4.98 Å². The molecular weight excluding hydrogens is 212 g/mol. The third-order valence-electron chi connectivity index (χ3n) is 2.33. The zero-order chi connectivity index (χ0) is 12.1. The van der Waals surface area contributed by atoms with E-state index in [0.29, 0.717) is 5.56 Å². The number of rotatable bonds is 2. The van der Waals surface area contributed by atoms with Crippen LogP contribution in [0.2, 0.25) is 0 Å². The molecule has 2 N–H and O–H groups in total.